The van der Waals surface area contributed by atoms with Crippen molar-refractivity contribution < 1.29 is 0 Å². The van der Waals surface area contributed by atoms with Crippen molar-refractivity contribution in [1.82, 2.24) is 10.2 Å². The molecule has 3 nitrogen and oxygen atoms in total. The molecule has 0 bridgehead atoms. The summed E-state index contributed by atoms with van der Waals surface area (Å²) >= 11 is 0. The zero-order valence-electron chi connectivity index (χ0n) is 13.5. The highest BCUT2D eigenvalue weighted by Crippen LogP contribution is 2.30. The summed E-state index contributed by atoms with van der Waals surface area (Å²) in [5, 5.41) is 13.1. The molecular weight excluding hydrogens is 246 g/mol. The lowest BCUT2D eigenvalue weighted by Gasteiger charge is -2.37. The molecule has 1 heterocycles. The highest BCUT2D eigenvalue weighted by Gasteiger charge is 2.34. The summed E-state index contributed by atoms with van der Waals surface area (Å²) in [5.41, 5.74) is 0.264. The van der Waals surface area contributed by atoms with Crippen LogP contribution in [0.5, 0.6) is 0 Å². The van der Waals surface area contributed by atoms with E-state index in [1.807, 2.05) is 0 Å². The second-order valence-corrected chi connectivity index (χ2v) is 7.58. The van der Waals surface area contributed by atoms with E-state index in [1.165, 1.54) is 38.8 Å². The lowest BCUT2D eigenvalue weighted by molar-refractivity contribution is 0.128. The Bertz CT molecular complexity index is 344. The number of hydrogen-bond acceptors (Lipinski definition) is 3. The van der Waals surface area contributed by atoms with Crippen molar-refractivity contribution in [3.05, 3.63) is 0 Å². The third-order valence-electron chi connectivity index (χ3n) is 5.16. The van der Waals surface area contributed by atoms with Crippen LogP contribution in [0.15, 0.2) is 0 Å². The molecule has 0 amide bonds. The molecule has 114 valence electrons. The zero-order valence-corrected chi connectivity index (χ0v) is 13.5. The Balaban J connectivity index is 1.72. The van der Waals surface area contributed by atoms with Crippen LogP contribution in [0.25, 0.3) is 0 Å². The van der Waals surface area contributed by atoms with Gasteiger partial charge in [-0.05, 0) is 70.0 Å². The average Bonchev–Trinajstić information content (AvgIpc) is 3.23. The number of hydrogen-bond donors (Lipinski definition) is 1. The molecule has 1 aliphatic carbocycles. The second-order valence-electron chi connectivity index (χ2n) is 7.58. The summed E-state index contributed by atoms with van der Waals surface area (Å²) in [4.78, 5) is 2.58. The van der Waals surface area contributed by atoms with Gasteiger partial charge in [-0.1, -0.05) is 20.8 Å². The fraction of sp³-hybridized carbons (Fsp3) is 0.941. The molecule has 0 aromatic heterocycles. The van der Waals surface area contributed by atoms with Crippen LogP contribution >= 0.6 is 0 Å². The van der Waals surface area contributed by atoms with E-state index in [2.05, 4.69) is 37.1 Å². The van der Waals surface area contributed by atoms with Gasteiger partial charge in [-0.2, -0.15) is 5.26 Å². The Morgan fingerprint density at radius 2 is 1.95 bits per heavy atom. The topological polar surface area (TPSA) is 39.1 Å². The monoisotopic (exact) mass is 277 g/mol. The quantitative estimate of drug-likeness (QED) is 0.776. The molecule has 0 aromatic carbocycles. The number of rotatable bonds is 7. The third kappa shape index (κ3) is 4.46. The van der Waals surface area contributed by atoms with Gasteiger partial charge in [-0.3, -0.25) is 5.32 Å². The van der Waals surface area contributed by atoms with E-state index in [0.717, 1.165) is 25.8 Å². The Morgan fingerprint density at radius 3 is 2.45 bits per heavy atom. The molecule has 2 rings (SSSR count). The SMILES string of the molecule is CCC(C#N)(CCCN1CCC(C)(C)CC1)NC1CC1. The van der Waals surface area contributed by atoms with Gasteiger partial charge in [-0.25, -0.2) is 0 Å². The van der Waals surface area contributed by atoms with Gasteiger partial charge >= 0.3 is 0 Å². The van der Waals surface area contributed by atoms with Gasteiger partial charge < -0.3 is 4.90 Å². The van der Waals surface area contributed by atoms with Crippen LogP contribution in [-0.2, 0) is 0 Å². The van der Waals surface area contributed by atoms with E-state index in [4.69, 9.17) is 0 Å². The van der Waals surface area contributed by atoms with Gasteiger partial charge in [0, 0.05) is 6.04 Å². The second kappa shape index (κ2) is 6.45. The largest absolute Gasteiger partial charge is 0.303 e. The highest BCUT2D eigenvalue weighted by atomic mass is 15.1. The minimum absolute atomic E-state index is 0.268. The van der Waals surface area contributed by atoms with E-state index in [-0.39, 0.29) is 5.54 Å². The van der Waals surface area contributed by atoms with Gasteiger partial charge in [-0.15, -0.1) is 0 Å². The fourth-order valence-electron chi connectivity index (χ4n) is 3.12. The maximum absolute atomic E-state index is 9.53. The van der Waals surface area contributed by atoms with Gasteiger partial charge in [0.2, 0.25) is 0 Å². The highest BCUT2D eigenvalue weighted by molar-refractivity contribution is 5.09. The summed E-state index contributed by atoms with van der Waals surface area (Å²) in [7, 11) is 0. The molecule has 1 unspecified atom stereocenters. The molecule has 3 heteroatoms. The molecule has 0 spiro atoms. The summed E-state index contributed by atoms with van der Waals surface area (Å²) in [5.74, 6) is 0. The molecule has 1 atom stereocenters. The first-order valence-electron chi connectivity index (χ1n) is 8.40. The van der Waals surface area contributed by atoms with Crippen molar-refractivity contribution >= 4 is 0 Å². The zero-order chi connectivity index (χ0) is 14.6. The summed E-state index contributed by atoms with van der Waals surface area (Å²) in [6, 6.07) is 3.17. The Kier molecular flexibility index (Phi) is 5.09. The first-order chi connectivity index (χ1) is 9.49. The standard InChI is InChI=1S/C17H31N3/c1-4-17(14-18,19-15-6-7-15)8-5-11-20-12-9-16(2,3)10-13-20/h15,19H,4-13H2,1-3H3. The number of nitrogens with one attached hydrogen (secondary N) is 1. The Hall–Kier alpha value is -0.590. The number of piperidine rings is 1. The van der Waals surface area contributed by atoms with Crippen molar-refractivity contribution in [2.45, 2.75) is 77.3 Å². The van der Waals surface area contributed by atoms with Crippen LogP contribution in [0.1, 0.15) is 65.7 Å². The van der Waals surface area contributed by atoms with Crippen LogP contribution in [0.3, 0.4) is 0 Å². The molecule has 2 aliphatic rings. The maximum Gasteiger partial charge on any atom is 0.106 e. The van der Waals surface area contributed by atoms with Crippen molar-refractivity contribution in [3.63, 3.8) is 0 Å². The molecule has 1 saturated heterocycles. The smallest absolute Gasteiger partial charge is 0.106 e. The van der Waals surface area contributed by atoms with E-state index in [9.17, 15) is 5.26 Å². The first kappa shape index (κ1) is 15.8. The van der Waals surface area contributed by atoms with Crippen LogP contribution in [0, 0.1) is 16.7 Å². The molecular formula is C17H31N3. The lowest BCUT2D eigenvalue weighted by Crippen LogP contribution is -2.45. The Labute approximate surface area is 124 Å². The minimum atomic E-state index is -0.268. The molecule has 1 N–H and O–H groups in total. The minimum Gasteiger partial charge on any atom is -0.303 e. The van der Waals surface area contributed by atoms with Gasteiger partial charge in [0.25, 0.3) is 0 Å². The summed E-state index contributed by atoms with van der Waals surface area (Å²) < 4.78 is 0. The average molecular weight is 277 g/mol. The Morgan fingerprint density at radius 1 is 1.30 bits per heavy atom. The molecule has 2 fully saturated rings. The van der Waals surface area contributed by atoms with Gasteiger partial charge in [0.15, 0.2) is 0 Å². The molecule has 0 aromatic rings. The summed E-state index contributed by atoms with van der Waals surface area (Å²) in [6.45, 7) is 10.5. The van der Waals surface area contributed by atoms with Crippen LogP contribution in [0.2, 0.25) is 0 Å². The molecule has 1 aliphatic heterocycles. The molecule has 0 radical (unpaired) electrons. The van der Waals surface area contributed by atoms with E-state index >= 15 is 0 Å². The third-order valence-corrected chi connectivity index (χ3v) is 5.16. The van der Waals surface area contributed by atoms with E-state index in [1.54, 1.807) is 0 Å². The van der Waals surface area contributed by atoms with Crippen molar-refractivity contribution in [3.8, 4) is 6.07 Å². The predicted octanol–water partition coefficient (Wildman–Crippen LogP) is 3.31. The van der Waals surface area contributed by atoms with Crippen LogP contribution in [0.4, 0.5) is 0 Å². The normalized spacial score (nSPS) is 25.9. The first-order valence-corrected chi connectivity index (χ1v) is 8.40. The van der Waals surface area contributed by atoms with Crippen LogP contribution < -0.4 is 5.32 Å². The predicted molar refractivity (Wildman–Crippen MR) is 83.5 cm³/mol. The van der Waals surface area contributed by atoms with Crippen LogP contribution in [-0.4, -0.2) is 36.1 Å². The number of likely N-dealkylation sites (tertiary alicyclic amines) is 1. The van der Waals surface area contributed by atoms with Crippen molar-refractivity contribution in [2.24, 2.45) is 5.41 Å². The van der Waals surface area contributed by atoms with E-state index in [0.29, 0.717) is 11.5 Å². The number of nitrogens with zero attached hydrogens (tertiary/aromatic N) is 2. The molecule has 1 saturated carbocycles. The van der Waals surface area contributed by atoms with Crippen molar-refractivity contribution in [2.75, 3.05) is 19.6 Å². The fourth-order valence-corrected chi connectivity index (χ4v) is 3.12. The maximum atomic E-state index is 9.53. The van der Waals surface area contributed by atoms with Crippen molar-refractivity contribution in [1.29, 1.82) is 5.26 Å². The number of nitriles is 1. The lowest BCUT2D eigenvalue weighted by atomic mass is 9.82. The van der Waals surface area contributed by atoms with E-state index < -0.39 is 0 Å². The summed E-state index contributed by atoms with van der Waals surface area (Å²) in [6.07, 6.45) is 8.19. The van der Waals surface area contributed by atoms with Gasteiger partial charge in [0.05, 0.1) is 6.07 Å². The molecule has 20 heavy (non-hydrogen) atoms. The van der Waals surface area contributed by atoms with Gasteiger partial charge in [0.1, 0.15) is 5.54 Å².